The van der Waals surface area contributed by atoms with Crippen molar-refractivity contribution in [3.8, 4) is 0 Å². The Morgan fingerprint density at radius 3 is 1.75 bits per heavy atom. The number of unbranched alkanes of at least 4 members (excludes halogenated alkanes) is 2. The molecule has 0 aliphatic heterocycles. The van der Waals surface area contributed by atoms with Crippen LogP contribution in [0, 0.1) is 0 Å². The molecule has 0 aliphatic carbocycles. The summed E-state index contributed by atoms with van der Waals surface area (Å²) in [6.45, 7) is 5.27. The van der Waals surface area contributed by atoms with E-state index >= 15 is 0 Å². The molecule has 74 valence electrons. The number of hydrogen-bond donors (Lipinski definition) is 0. The van der Waals surface area contributed by atoms with Crippen LogP contribution in [0.5, 0.6) is 0 Å². The van der Waals surface area contributed by atoms with Gasteiger partial charge in [0.2, 0.25) is 0 Å². The monoisotopic (exact) mass is 242 g/mol. The van der Waals surface area contributed by atoms with Crippen LogP contribution in [0.1, 0.15) is 39.5 Å². The summed E-state index contributed by atoms with van der Waals surface area (Å²) in [4.78, 5) is 0. The zero-order valence-corrected chi connectivity index (χ0v) is 9.59. The third kappa shape index (κ3) is 8.34. The topological polar surface area (TPSA) is 35.5 Å². The van der Waals surface area contributed by atoms with Crippen molar-refractivity contribution >= 4 is 14.5 Å². The molecule has 0 fully saturated rings. The van der Waals surface area contributed by atoms with Gasteiger partial charge in [0.25, 0.3) is 0 Å². The van der Waals surface area contributed by atoms with Gasteiger partial charge in [-0.15, -0.1) is 0 Å². The second kappa shape index (κ2) is 9.33. The normalized spacial score (nSPS) is 10.9. The summed E-state index contributed by atoms with van der Waals surface area (Å²) in [6, 6.07) is 0. The molecule has 0 aromatic rings. The number of hydrogen-bond acceptors (Lipinski definition) is 3. The van der Waals surface area contributed by atoms with E-state index in [0.717, 1.165) is 25.7 Å². The molecule has 0 amide bonds. The van der Waals surface area contributed by atoms with Crippen LogP contribution < -0.4 is 0 Å². The van der Waals surface area contributed by atoms with E-state index in [1.807, 2.05) is 0 Å². The fraction of sp³-hybridized carbons (Fsp3) is 1.00. The predicted octanol–water partition coefficient (Wildman–Crippen LogP) is 2.04. The van der Waals surface area contributed by atoms with Gasteiger partial charge in [-0.25, -0.2) is 0 Å². The van der Waals surface area contributed by atoms with Crippen LogP contribution >= 0.6 is 0 Å². The average molecular weight is 241 g/mol. The zero-order chi connectivity index (χ0) is 9.23. The first-order chi connectivity index (χ1) is 5.81. The molecule has 3 nitrogen and oxygen atoms in total. The molecule has 0 bridgehead atoms. The Hall–Kier alpha value is 0.239. The molecule has 0 saturated heterocycles. The Balaban J connectivity index is 3.10. The van der Waals surface area contributed by atoms with Crippen LogP contribution in [0.15, 0.2) is 0 Å². The number of rotatable bonds is 8. The van der Waals surface area contributed by atoms with Crippen molar-refractivity contribution in [2.45, 2.75) is 39.5 Å². The van der Waals surface area contributed by atoms with Crippen molar-refractivity contribution in [2.24, 2.45) is 0 Å². The van der Waals surface area contributed by atoms with Crippen molar-refractivity contribution in [3.05, 3.63) is 0 Å². The standard InChI is InChI=1S/C8H18O3Se/c1-3-5-7-10-12(9)11-8-6-4-2/h3-8H2,1-2H3. The zero-order valence-electron chi connectivity index (χ0n) is 7.88. The van der Waals surface area contributed by atoms with E-state index in [4.69, 9.17) is 7.64 Å². The SMILES string of the molecule is CCCCO[Se](=O)OCCCC. The summed E-state index contributed by atoms with van der Waals surface area (Å²) in [5.41, 5.74) is 0. The molecule has 0 atom stereocenters. The van der Waals surface area contributed by atoms with Gasteiger partial charge in [0, 0.05) is 0 Å². The van der Waals surface area contributed by atoms with Gasteiger partial charge in [-0.3, -0.25) is 0 Å². The van der Waals surface area contributed by atoms with Gasteiger partial charge in [0.15, 0.2) is 0 Å². The molecule has 0 unspecified atom stereocenters. The quantitative estimate of drug-likeness (QED) is 0.482. The Bertz CT molecular complexity index is 105. The van der Waals surface area contributed by atoms with Gasteiger partial charge >= 0.3 is 78.7 Å². The Morgan fingerprint density at radius 2 is 1.42 bits per heavy atom. The third-order valence-electron chi connectivity index (χ3n) is 1.35. The van der Waals surface area contributed by atoms with Crippen LogP contribution in [0.4, 0.5) is 0 Å². The fourth-order valence-electron chi connectivity index (χ4n) is 0.577. The fourth-order valence-corrected chi connectivity index (χ4v) is 1.78. The molecule has 12 heavy (non-hydrogen) atoms. The van der Waals surface area contributed by atoms with E-state index in [0.29, 0.717) is 13.2 Å². The second-order valence-electron chi connectivity index (χ2n) is 2.56. The van der Waals surface area contributed by atoms with E-state index in [1.165, 1.54) is 0 Å². The molecule has 0 aromatic heterocycles. The molecule has 0 saturated carbocycles. The van der Waals surface area contributed by atoms with Gasteiger partial charge in [0.05, 0.1) is 0 Å². The second-order valence-corrected chi connectivity index (χ2v) is 4.40. The van der Waals surface area contributed by atoms with Gasteiger partial charge in [0.1, 0.15) is 0 Å². The molecular weight excluding hydrogens is 223 g/mol. The minimum atomic E-state index is -2.39. The summed E-state index contributed by atoms with van der Waals surface area (Å²) in [6.07, 6.45) is 4.04. The first-order valence-electron chi connectivity index (χ1n) is 4.49. The Kier molecular flexibility index (Phi) is 9.51. The molecule has 0 aliphatic rings. The Labute approximate surface area is 79.2 Å². The van der Waals surface area contributed by atoms with Gasteiger partial charge in [-0.05, 0) is 0 Å². The summed E-state index contributed by atoms with van der Waals surface area (Å²) < 4.78 is 20.9. The summed E-state index contributed by atoms with van der Waals surface area (Å²) in [5.74, 6) is 0. The van der Waals surface area contributed by atoms with Crippen molar-refractivity contribution in [2.75, 3.05) is 13.2 Å². The van der Waals surface area contributed by atoms with Crippen LogP contribution in [0.25, 0.3) is 0 Å². The molecule has 0 radical (unpaired) electrons. The van der Waals surface area contributed by atoms with Crippen LogP contribution in [-0.2, 0) is 11.5 Å². The summed E-state index contributed by atoms with van der Waals surface area (Å²) >= 11 is -2.39. The van der Waals surface area contributed by atoms with Crippen molar-refractivity contribution in [3.63, 3.8) is 0 Å². The Morgan fingerprint density at radius 1 is 1.00 bits per heavy atom. The van der Waals surface area contributed by atoms with Crippen LogP contribution in [0.3, 0.4) is 0 Å². The average Bonchev–Trinajstić information content (AvgIpc) is 2.06. The van der Waals surface area contributed by atoms with E-state index in [1.54, 1.807) is 0 Å². The summed E-state index contributed by atoms with van der Waals surface area (Å²) in [7, 11) is 0. The molecular formula is C8H18O3Se. The molecule has 0 rings (SSSR count). The van der Waals surface area contributed by atoms with E-state index < -0.39 is 14.5 Å². The maximum atomic E-state index is 11.0. The molecule has 0 N–H and O–H groups in total. The van der Waals surface area contributed by atoms with Gasteiger partial charge < -0.3 is 0 Å². The first kappa shape index (κ1) is 12.2. The van der Waals surface area contributed by atoms with E-state index in [-0.39, 0.29) is 0 Å². The molecule has 4 heteroatoms. The molecule has 0 heterocycles. The van der Waals surface area contributed by atoms with Gasteiger partial charge in [-0.2, -0.15) is 0 Å². The van der Waals surface area contributed by atoms with Crippen molar-refractivity contribution in [1.29, 1.82) is 0 Å². The van der Waals surface area contributed by atoms with E-state index in [9.17, 15) is 3.83 Å². The van der Waals surface area contributed by atoms with Gasteiger partial charge in [-0.1, -0.05) is 0 Å². The summed E-state index contributed by atoms with van der Waals surface area (Å²) in [5, 5.41) is 0. The predicted molar refractivity (Wildman–Crippen MR) is 48.2 cm³/mol. The molecule has 0 spiro atoms. The van der Waals surface area contributed by atoms with Crippen LogP contribution in [-0.4, -0.2) is 27.7 Å². The minimum absolute atomic E-state index is 0.566. The van der Waals surface area contributed by atoms with Crippen molar-refractivity contribution < 1.29 is 11.5 Å². The van der Waals surface area contributed by atoms with Crippen LogP contribution in [0.2, 0.25) is 0 Å². The third-order valence-corrected chi connectivity index (χ3v) is 2.86. The van der Waals surface area contributed by atoms with E-state index in [2.05, 4.69) is 13.8 Å². The maximum absolute atomic E-state index is 11.0. The van der Waals surface area contributed by atoms with Crippen molar-refractivity contribution in [1.82, 2.24) is 0 Å². The molecule has 0 aromatic carbocycles. The first-order valence-corrected chi connectivity index (χ1v) is 6.59.